The Morgan fingerprint density at radius 3 is 1.60 bits per heavy atom. The molecular weight excluding hydrogens is 298 g/mol. The fourth-order valence-corrected chi connectivity index (χ4v) is 3.02. The molecule has 0 atom stereocenters. The van der Waals surface area contributed by atoms with Crippen LogP contribution in [0, 0.1) is 0 Å². The third kappa shape index (κ3) is 14.0. The number of halogens is 1. The highest BCUT2D eigenvalue weighted by Crippen LogP contribution is 2.12. The van der Waals surface area contributed by atoms with E-state index in [1.165, 1.54) is 38.5 Å². The van der Waals surface area contributed by atoms with E-state index in [1.54, 1.807) is 0 Å². The van der Waals surface area contributed by atoms with Gasteiger partial charge in [-0.15, -0.1) is 11.6 Å². The van der Waals surface area contributed by atoms with Crippen LogP contribution in [0.25, 0.3) is 10.4 Å². The maximum absolute atomic E-state index is 11.1. The summed E-state index contributed by atoms with van der Waals surface area (Å²) >= 11 is 5.61. The van der Waals surface area contributed by atoms with Crippen LogP contribution in [0.5, 0.6) is 0 Å². The molecule has 0 unspecified atom stereocenters. The molecule has 0 saturated carbocycles. The molecule has 0 aromatic carbocycles. The van der Waals surface area contributed by atoms with E-state index < -0.39 is 10.0 Å². The van der Waals surface area contributed by atoms with Crippen molar-refractivity contribution in [2.24, 2.45) is 4.52 Å². The number of hydrogen-bond acceptors (Lipinski definition) is 2. The lowest BCUT2D eigenvalue weighted by Gasteiger charge is -2.02. The van der Waals surface area contributed by atoms with Gasteiger partial charge in [-0.1, -0.05) is 57.8 Å². The lowest BCUT2D eigenvalue weighted by atomic mass is 10.1. The Balaban J connectivity index is 3.23. The highest BCUT2D eigenvalue weighted by molar-refractivity contribution is 7.89. The van der Waals surface area contributed by atoms with Gasteiger partial charge in [0.25, 0.3) is 0 Å². The predicted molar refractivity (Wildman–Crippen MR) is 84.4 cm³/mol. The van der Waals surface area contributed by atoms with Crippen molar-refractivity contribution in [2.45, 2.75) is 70.6 Å². The minimum atomic E-state index is -3.55. The number of hydrogen-bond donors (Lipinski definition) is 0. The lowest BCUT2D eigenvalue weighted by Crippen LogP contribution is -2.00. The Morgan fingerprint density at radius 2 is 1.20 bits per heavy atom. The average molecular weight is 324 g/mol. The molecule has 0 bridgehead atoms. The van der Waals surface area contributed by atoms with E-state index in [0.717, 1.165) is 31.6 Å². The second-order valence-corrected chi connectivity index (χ2v) is 7.15. The number of sulfonamides is 1. The van der Waals surface area contributed by atoms with Gasteiger partial charge < -0.3 is 0 Å². The van der Waals surface area contributed by atoms with E-state index in [1.807, 2.05) is 0 Å². The Bertz CT molecular complexity index is 368. The third-order valence-electron chi connectivity index (χ3n) is 3.20. The van der Waals surface area contributed by atoms with Crippen LogP contribution < -0.4 is 0 Å². The fourth-order valence-electron chi connectivity index (χ4n) is 2.07. The first-order valence-corrected chi connectivity index (χ1v) is 9.62. The van der Waals surface area contributed by atoms with E-state index in [9.17, 15) is 8.42 Å². The van der Waals surface area contributed by atoms with Crippen molar-refractivity contribution in [3.8, 4) is 0 Å². The summed E-state index contributed by atoms with van der Waals surface area (Å²) in [6.45, 7) is 0. The van der Waals surface area contributed by atoms with Crippen LogP contribution >= 0.6 is 11.6 Å². The van der Waals surface area contributed by atoms with Crippen LogP contribution in [-0.4, -0.2) is 20.1 Å². The molecule has 0 aliphatic carbocycles. The average Bonchev–Trinajstić information content (AvgIpc) is 2.40. The second kappa shape index (κ2) is 13.5. The SMILES string of the molecule is [N-]=[N+]=NS(=O)(=O)CCCCCCCCCCCCCCl. The number of unbranched alkanes of at least 4 members (excludes halogenated alkanes) is 10. The number of azide groups is 1. The van der Waals surface area contributed by atoms with Gasteiger partial charge in [-0.3, -0.25) is 0 Å². The molecule has 0 radical (unpaired) electrons. The maximum Gasteiger partial charge on any atom is 0.235 e. The number of nitrogens with zero attached hydrogens (tertiary/aromatic N) is 3. The predicted octanol–water partition coefficient (Wildman–Crippen LogP) is 5.16. The summed E-state index contributed by atoms with van der Waals surface area (Å²) in [6, 6.07) is 0. The Kier molecular flexibility index (Phi) is 13.2. The molecule has 0 aliphatic rings. The summed E-state index contributed by atoms with van der Waals surface area (Å²) in [5.41, 5.74) is 8.07. The maximum atomic E-state index is 11.1. The van der Waals surface area contributed by atoms with Crippen LogP contribution in [0.1, 0.15) is 70.6 Å². The summed E-state index contributed by atoms with van der Waals surface area (Å²) in [4.78, 5) is 2.31. The molecule has 7 heteroatoms. The first-order valence-electron chi connectivity index (χ1n) is 7.47. The zero-order valence-electron chi connectivity index (χ0n) is 12.1. The topological polar surface area (TPSA) is 82.9 Å². The minimum Gasteiger partial charge on any atom is -0.221 e. The van der Waals surface area contributed by atoms with Crippen LogP contribution in [0.2, 0.25) is 0 Å². The Labute approximate surface area is 127 Å². The molecule has 0 heterocycles. The van der Waals surface area contributed by atoms with E-state index in [0.29, 0.717) is 6.42 Å². The molecule has 0 N–H and O–H groups in total. The molecule has 118 valence electrons. The summed E-state index contributed by atoms with van der Waals surface area (Å²) in [7, 11) is -3.55. The molecule has 0 aromatic rings. The molecule has 5 nitrogen and oxygen atoms in total. The Morgan fingerprint density at radius 1 is 0.800 bits per heavy atom. The van der Waals surface area contributed by atoms with Gasteiger partial charge in [-0.05, 0) is 18.4 Å². The molecule has 0 amide bonds. The third-order valence-corrected chi connectivity index (χ3v) is 4.59. The summed E-state index contributed by atoms with van der Waals surface area (Å²) < 4.78 is 25.0. The van der Waals surface area contributed by atoms with E-state index in [2.05, 4.69) is 9.43 Å². The van der Waals surface area contributed by atoms with Gasteiger partial charge in [0.05, 0.1) is 5.75 Å². The van der Waals surface area contributed by atoms with Crippen molar-refractivity contribution < 1.29 is 8.42 Å². The fraction of sp³-hybridized carbons (Fsp3) is 1.00. The first kappa shape index (κ1) is 19.6. The monoisotopic (exact) mass is 323 g/mol. The van der Waals surface area contributed by atoms with Crippen molar-refractivity contribution in [1.82, 2.24) is 0 Å². The zero-order chi connectivity index (χ0) is 15.1. The van der Waals surface area contributed by atoms with Crippen LogP contribution in [-0.2, 0) is 10.0 Å². The van der Waals surface area contributed by atoms with E-state index in [4.69, 9.17) is 17.1 Å². The quantitative estimate of drug-likeness (QED) is 0.145. The highest BCUT2D eigenvalue weighted by atomic mass is 35.5. The first-order chi connectivity index (χ1) is 9.62. The number of alkyl halides is 1. The molecule has 0 spiro atoms. The molecule has 0 aromatic heterocycles. The van der Waals surface area contributed by atoms with Gasteiger partial charge >= 0.3 is 0 Å². The molecule has 0 fully saturated rings. The minimum absolute atomic E-state index is 0.0301. The van der Waals surface area contributed by atoms with Gasteiger partial charge in [0.2, 0.25) is 10.0 Å². The van der Waals surface area contributed by atoms with Crippen LogP contribution in [0.4, 0.5) is 0 Å². The lowest BCUT2D eigenvalue weighted by molar-refractivity contribution is 0.552. The van der Waals surface area contributed by atoms with Crippen LogP contribution in [0.15, 0.2) is 4.52 Å². The summed E-state index contributed by atoms with van der Waals surface area (Å²) in [6.07, 6.45) is 12.4. The molecule has 0 aliphatic heterocycles. The van der Waals surface area contributed by atoms with Crippen molar-refractivity contribution in [3.63, 3.8) is 0 Å². The Hall–Kier alpha value is -0.450. The van der Waals surface area contributed by atoms with Gasteiger partial charge in [-0.2, -0.15) is 0 Å². The number of rotatable bonds is 14. The summed E-state index contributed by atoms with van der Waals surface area (Å²) in [5.74, 6) is 0.743. The van der Waals surface area contributed by atoms with Crippen molar-refractivity contribution >= 4 is 21.6 Å². The van der Waals surface area contributed by atoms with Crippen molar-refractivity contribution in [1.29, 1.82) is 0 Å². The standard InChI is InChI=1S/C13H26ClN3O2S/c14-12-10-8-6-4-2-1-3-5-7-9-11-13-20(18,19)17-16-15/h1-13H2. The van der Waals surface area contributed by atoms with Gasteiger partial charge in [0, 0.05) is 15.3 Å². The highest BCUT2D eigenvalue weighted by Gasteiger charge is 2.06. The molecular formula is C13H26ClN3O2S. The van der Waals surface area contributed by atoms with Crippen molar-refractivity contribution in [3.05, 3.63) is 10.4 Å². The molecule has 0 saturated heterocycles. The normalized spacial score (nSPS) is 11.2. The van der Waals surface area contributed by atoms with Crippen molar-refractivity contribution in [2.75, 3.05) is 11.6 Å². The molecule has 0 rings (SSSR count). The zero-order valence-corrected chi connectivity index (χ0v) is 13.7. The van der Waals surface area contributed by atoms with E-state index in [-0.39, 0.29) is 5.75 Å². The second-order valence-electron chi connectivity index (χ2n) is 5.04. The van der Waals surface area contributed by atoms with Gasteiger partial charge in [0.15, 0.2) is 0 Å². The van der Waals surface area contributed by atoms with E-state index >= 15 is 0 Å². The van der Waals surface area contributed by atoms with Gasteiger partial charge in [0.1, 0.15) is 0 Å². The summed E-state index contributed by atoms with van der Waals surface area (Å²) in [5, 5.41) is 0. The van der Waals surface area contributed by atoms with Crippen LogP contribution in [0.3, 0.4) is 0 Å². The smallest absolute Gasteiger partial charge is 0.221 e. The van der Waals surface area contributed by atoms with Gasteiger partial charge in [-0.25, -0.2) is 8.42 Å². The largest absolute Gasteiger partial charge is 0.235 e. The molecule has 20 heavy (non-hydrogen) atoms.